The van der Waals surface area contributed by atoms with Crippen LogP contribution in [0.3, 0.4) is 0 Å². The number of amides is 2. The van der Waals surface area contributed by atoms with Crippen LogP contribution < -0.4 is 15.4 Å². The van der Waals surface area contributed by atoms with E-state index in [0.717, 1.165) is 16.9 Å². The fraction of sp³-hybridized carbons (Fsp3) is 0.120. The van der Waals surface area contributed by atoms with Crippen LogP contribution in [0.1, 0.15) is 36.3 Å². The minimum Gasteiger partial charge on any atom is -0.486 e. The van der Waals surface area contributed by atoms with Crippen LogP contribution in [0.15, 0.2) is 72.8 Å². The van der Waals surface area contributed by atoms with Gasteiger partial charge in [-0.15, -0.1) is 10.2 Å². The number of nitrogens with zero attached hydrogens (tertiary/aromatic N) is 2. The van der Waals surface area contributed by atoms with Crippen molar-refractivity contribution in [1.82, 2.24) is 15.5 Å². The molecule has 0 atom stereocenters. The summed E-state index contributed by atoms with van der Waals surface area (Å²) < 4.78 is 19.0. The molecular formula is C25H21FN4O3S. The lowest BCUT2D eigenvalue weighted by Crippen LogP contribution is -2.23. The van der Waals surface area contributed by atoms with E-state index in [9.17, 15) is 14.0 Å². The van der Waals surface area contributed by atoms with Crippen LogP contribution >= 0.6 is 11.3 Å². The summed E-state index contributed by atoms with van der Waals surface area (Å²) in [7, 11) is 0. The lowest BCUT2D eigenvalue weighted by Gasteiger charge is -2.08. The van der Waals surface area contributed by atoms with Crippen molar-refractivity contribution in [2.45, 2.75) is 20.1 Å². The predicted molar refractivity (Wildman–Crippen MR) is 127 cm³/mol. The third-order valence-electron chi connectivity index (χ3n) is 4.77. The van der Waals surface area contributed by atoms with Gasteiger partial charge in [0.05, 0.1) is 0 Å². The number of benzene rings is 3. The number of halogens is 1. The van der Waals surface area contributed by atoms with Crippen molar-refractivity contribution in [3.63, 3.8) is 0 Å². The molecule has 0 bridgehead atoms. The highest BCUT2D eigenvalue weighted by Crippen LogP contribution is 2.18. The van der Waals surface area contributed by atoms with Gasteiger partial charge < -0.3 is 15.4 Å². The molecule has 7 nitrogen and oxygen atoms in total. The maximum absolute atomic E-state index is 13.3. The van der Waals surface area contributed by atoms with E-state index in [1.807, 2.05) is 31.2 Å². The molecule has 4 rings (SSSR count). The van der Waals surface area contributed by atoms with E-state index in [2.05, 4.69) is 20.8 Å². The van der Waals surface area contributed by atoms with Crippen LogP contribution in [0.2, 0.25) is 0 Å². The molecule has 0 aliphatic heterocycles. The van der Waals surface area contributed by atoms with E-state index < -0.39 is 5.91 Å². The Labute approximate surface area is 199 Å². The molecule has 9 heteroatoms. The zero-order chi connectivity index (χ0) is 23.9. The van der Waals surface area contributed by atoms with Crippen molar-refractivity contribution in [3.05, 3.63) is 105 Å². The van der Waals surface area contributed by atoms with Crippen molar-refractivity contribution in [3.8, 4) is 5.75 Å². The molecule has 34 heavy (non-hydrogen) atoms. The standard InChI is InChI=1S/C25H21FN4O3S/c1-16-8-10-21(11-9-16)33-15-22-29-30-25(34-22)24(32)28-20-7-3-5-18(13-20)23(31)27-14-17-4-2-6-19(26)12-17/h2-13H,14-15H2,1H3,(H,27,31)(H,28,32). The lowest BCUT2D eigenvalue weighted by molar-refractivity contribution is 0.0949. The molecule has 0 saturated heterocycles. The molecule has 0 unspecified atom stereocenters. The maximum Gasteiger partial charge on any atom is 0.286 e. The Morgan fingerprint density at radius 3 is 2.56 bits per heavy atom. The zero-order valence-electron chi connectivity index (χ0n) is 18.2. The SMILES string of the molecule is Cc1ccc(OCc2nnc(C(=O)Nc3cccc(C(=O)NCc4cccc(F)c4)c3)s2)cc1. The number of hydrogen-bond donors (Lipinski definition) is 2. The first kappa shape index (κ1) is 23.1. The molecule has 4 aromatic rings. The monoisotopic (exact) mass is 476 g/mol. The van der Waals surface area contributed by atoms with E-state index in [-0.39, 0.29) is 29.9 Å². The van der Waals surface area contributed by atoms with Gasteiger partial charge in [0.2, 0.25) is 5.01 Å². The van der Waals surface area contributed by atoms with Gasteiger partial charge in [-0.1, -0.05) is 47.2 Å². The quantitative estimate of drug-likeness (QED) is 0.383. The molecule has 1 aromatic heterocycles. The normalized spacial score (nSPS) is 10.5. The van der Waals surface area contributed by atoms with Crippen LogP contribution in [0.5, 0.6) is 5.75 Å². The topological polar surface area (TPSA) is 93.2 Å². The number of carbonyl (C=O) groups excluding carboxylic acids is 2. The molecule has 0 aliphatic rings. The van der Waals surface area contributed by atoms with Crippen LogP contribution in [-0.2, 0) is 13.2 Å². The molecule has 172 valence electrons. The molecule has 3 aromatic carbocycles. The second-order valence-electron chi connectivity index (χ2n) is 7.45. The largest absolute Gasteiger partial charge is 0.486 e. The molecule has 0 spiro atoms. The van der Waals surface area contributed by atoms with Crippen molar-refractivity contribution >= 4 is 28.8 Å². The van der Waals surface area contributed by atoms with Crippen LogP contribution in [0.4, 0.5) is 10.1 Å². The number of carbonyl (C=O) groups is 2. The fourth-order valence-electron chi connectivity index (χ4n) is 3.04. The third-order valence-corrected chi connectivity index (χ3v) is 5.66. The number of nitrogens with one attached hydrogen (secondary N) is 2. The van der Waals surface area contributed by atoms with Gasteiger partial charge in [0.15, 0.2) is 5.01 Å². The number of anilines is 1. The minimum atomic E-state index is -0.434. The lowest BCUT2D eigenvalue weighted by atomic mass is 10.1. The Bertz CT molecular complexity index is 1310. The van der Waals surface area contributed by atoms with E-state index in [4.69, 9.17) is 4.74 Å². The average molecular weight is 477 g/mol. The Balaban J connectivity index is 1.33. The first-order chi connectivity index (χ1) is 16.5. The first-order valence-corrected chi connectivity index (χ1v) is 11.2. The average Bonchev–Trinajstić information content (AvgIpc) is 3.32. The molecule has 0 aliphatic carbocycles. The first-order valence-electron chi connectivity index (χ1n) is 10.4. The highest BCUT2D eigenvalue weighted by Gasteiger charge is 2.15. The molecule has 0 saturated carbocycles. The Hall–Kier alpha value is -4.11. The van der Waals surface area contributed by atoms with Crippen molar-refractivity contribution in [1.29, 1.82) is 0 Å². The van der Waals surface area contributed by atoms with Gasteiger partial charge in [0.25, 0.3) is 11.8 Å². The van der Waals surface area contributed by atoms with Crippen LogP contribution in [0, 0.1) is 12.7 Å². The van der Waals surface area contributed by atoms with Crippen molar-refractivity contribution in [2.75, 3.05) is 5.32 Å². The van der Waals surface area contributed by atoms with E-state index in [1.54, 1.807) is 36.4 Å². The highest BCUT2D eigenvalue weighted by atomic mass is 32.1. The minimum absolute atomic E-state index is 0.184. The molecule has 0 radical (unpaired) electrons. The van der Waals surface area contributed by atoms with Gasteiger partial charge in [0, 0.05) is 17.8 Å². The number of aromatic nitrogens is 2. The van der Waals surface area contributed by atoms with Gasteiger partial charge in [-0.3, -0.25) is 9.59 Å². The third kappa shape index (κ3) is 6.23. The van der Waals surface area contributed by atoms with Gasteiger partial charge in [0.1, 0.15) is 18.2 Å². The molecule has 2 N–H and O–H groups in total. The summed E-state index contributed by atoms with van der Waals surface area (Å²) in [6.45, 7) is 2.38. The summed E-state index contributed by atoms with van der Waals surface area (Å²) in [4.78, 5) is 25.1. The smallest absolute Gasteiger partial charge is 0.286 e. The number of rotatable bonds is 8. The predicted octanol–water partition coefficient (Wildman–Crippen LogP) is 4.75. The second-order valence-corrected chi connectivity index (χ2v) is 8.51. The summed E-state index contributed by atoms with van der Waals surface area (Å²) in [5.41, 5.74) is 2.58. The van der Waals surface area contributed by atoms with Gasteiger partial charge >= 0.3 is 0 Å². The Morgan fingerprint density at radius 1 is 0.971 bits per heavy atom. The van der Waals surface area contributed by atoms with E-state index in [1.165, 1.54) is 12.1 Å². The number of aryl methyl sites for hydroxylation is 1. The summed E-state index contributed by atoms with van der Waals surface area (Å²) >= 11 is 1.13. The Morgan fingerprint density at radius 2 is 1.76 bits per heavy atom. The van der Waals surface area contributed by atoms with Gasteiger partial charge in [-0.05, 0) is 55.0 Å². The number of hydrogen-bond acceptors (Lipinski definition) is 6. The maximum atomic E-state index is 13.3. The van der Waals surface area contributed by atoms with E-state index >= 15 is 0 Å². The molecular weight excluding hydrogens is 455 g/mol. The summed E-state index contributed by atoms with van der Waals surface area (Å²) in [5.74, 6) is -0.430. The molecule has 2 amide bonds. The summed E-state index contributed by atoms with van der Waals surface area (Å²) in [6.07, 6.45) is 0. The van der Waals surface area contributed by atoms with E-state index in [0.29, 0.717) is 27.6 Å². The summed E-state index contributed by atoms with van der Waals surface area (Å²) in [5, 5.41) is 14.2. The van der Waals surface area contributed by atoms with Crippen LogP contribution in [0.25, 0.3) is 0 Å². The molecule has 0 fully saturated rings. The van der Waals surface area contributed by atoms with Crippen molar-refractivity contribution < 1.29 is 18.7 Å². The van der Waals surface area contributed by atoms with Crippen LogP contribution in [-0.4, -0.2) is 22.0 Å². The highest BCUT2D eigenvalue weighted by molar-refractivity contribution is 7.13. The van der Waals surface area contributed by atoms with Crippen molar-refractivity contribution in [2.24, 2.45) is 0 Å². The summed E-state index contributed by atoms with van der Waals surface area (Å²) in [6, 6.07) is 20.2. The fourth-order valence-corrected chi connectivity index (χ4v) is 3.69. The van der Waals surface area contributed by atoms with Gasteiger partial charge in [-0.2, -0.15) is 0 Å². The zero-order valence-corrected chi connectivity index (χ0v) is 19.1. The number of ether oxygens (including phenoxy) is 1. The van der Waals surface area contributed by atoms with Gasteiger partial charge in [-0.25, -0.2) is 4.39 Å². The molecule has 1 heterocycles. The second kappa shape index (κ2) is 10.7. The Kier molecular flexibility index (Phi) is 7.24.